The van der Waals surface area contributed by atoms with Crippen LogP contribution in [0.2, 0.25) is 0 Å². The molecule has 0 aliphatic carbocycles. The van der Waals surface area contributed by atoms with E-state index in [1.165, 1.54) is 24.3 Å². The van der Waals surface area contributed by atoms with Gasteiger partial charge in [0.25, 0.3) is 0 Å². The molecule has 0 fully saturated rings. The molecule has 142 valence electrons. The van der Waals surface area contributed by atoms with Crippen LogP contribution in [0.1, 0.15) is 13.3 Å². The largest absolute Gasteiger partial charge is 0.372 e. The molecule has 0 aromatic heterocycles. The number of nitrogens with one attached hydrogen (secondary N) is 1. The number of rotatable bonds is 9. The van der Waals surface area contributed by atoms with Crippen LogP contribution in [0.25, 0.3) is 0 Å². The van der Waals surface area contributed by atoms with Gasteiger partial charge in [-0.05, 0) is 37.6 Å². The molecule has 0 saturated heterocycles. The van der Waals surface area contributed by atoms with E-state index in [0.29, 0.717) is 13.0 Å². The summed E-state index contributed by atoms with van der Waals surface area (Å²) in [7, 11) is -7.52. The first kappa shape index (κ1) is 20.4. The van der Waals surface area contributed by atoms with Crippen LogP contribution in [0.5, 0.6) is 0 Å². The normalized spacial score (nSPS) is 12.1. The van der Waals surface area contributed by atoms with Gasteiger partial charge in [-0.15, -0.1) is 0 Å². The Labute approximate surface area is 155 Å². The Morgan fingerprint density at radius 1 is 0.885 bits per heavy atom. The highest BCUT2D eigenvalue weighted by atomic mass is 32.2. The molecule has 1 N–H and O–H groups in total. The third-order valence-electron chi connectivity index (χ3n) is 3.94. The molecule has 8 heteroatoms. The molecular formula is C18H24N2O4S2. The van der Waals surface area contributed by atoms with Crippen molar-refractivity contribution in [2.75, 3.05) is 30.8 Å². The van der Waals surface area contributed by atoms with Crippen molar-refractivity contribution in [3.8, 4) is 0 Å². The quantitative estimate of drug-likeness (QED) is 0.658. The van der Waals surface area contributed by atoms with Crippen molar-refractivity contribution < 1.29 is 16.8 Å². The molecule has 0 atom stereocenters. The van der Waals surface area contributed by atoms with Crippen molar-refractivity contribution in [2.45, 2.75) is 23.1 Å². The van der Waals surface area contributed by atoms with E-state index in [2.05, 4.69) is 9.62 Å². The number of benzene rings is 2. The molecule has 2 rings (SSSR count). The van der Waals surface area contributed by atoms with E-state index >= 15 is 0 Å². The number of para-hydroxylation sites is 1. The van der Waals surface area contributed by atoms with Gasteiger partial charge in [0, 0.05) is 31.6 Å². The minimum Gasteiger partial charge on any atom is -0.372 e. The molecule has 6 nitrogen and oxygen atoms in total. The Morgan fingerprint density at radius 2 is 1.46 bits per heavy atom. The maximum atomic E-state index is 12.5. The second kappa shape index (κ2) is 8.66. The smallest absolute Gasteiger partial charge is 0.241 e. The van der Waals surface area contributed by atoms with Crippen LogP contribution in [0.4, 0.5) is 5.69 Å². The Kier molecular flexibility index (Phi) is 6.80. The van der Waals surface area contributed by atoms with Gasteiger partial charge in [-0.25, -0.2) is 21.6 Å². The van der Waals surface area contributed by atoms with Gasteiger partial charge in [-0.1, -0.05) is 30.3 Å². The van der Waals surface area contributed by atoms with Gasteiger partial charge >= 0.3 is 0 Å². The third kappa shape index (κ3) is 5.30. The summed E-state index contributed by atoms with van der Waals surface area (Å²) in [5, 5.41) is 0. The van der Waals surface area contributed by atoms with Crippen LogP contribution in [-0.4, -0.2) is 42.7 Å². The summed E-state index contributed by atoms with van der Waals surface area (Å²) >= 11 is 0. The van der Waals surface area contributed by atoms with Crippen molar-refractivity contribution in [2.24, 2.45) is 0 Å². The van der Waals surface area contributed by atoms with E-state index in [0.717, 1.165) is 18.5 Å². The van der Waals surface area contributed by atoms with Crippen LogP contribution >= 0.6 is 0 Å². The van der Waals surface area contributed by atoms with Crippen LogP contribution in [-0.2, 0) is 19.9 Å². The number of hydrogen-bond acceptors (Lipinski definition) is 5. The molecule has 0 amide bonds. The lowest BCUT2D eigenvalue weighted by atomic mass is 10.2. The summed E-state index contributed by atoms with van der Waals surface area (Å²) < 4.78 is 51.1. The zero-order valence-electron chi connectivity index (χ0n) is 14.9. The fraction of sp³-hybridized carbons (Fsp3) is 0.333. The molecule has 2 aromatic carbocycles. The minimum absolute atomic E-state index is 0.188. The number of sulfonamides is 1. The first-order chi connectivity index (χ1) is 12.3. The summed E-state index contributed by atoms with van der Waals surface area (Å²) in [5.74, 6) is 0. The molecule has 0 bridgehead atoms. The maximum absolute atomic E-state index is 12.5. The van der Waals surface area contributed by atoms with E-state index in [1.54, 1.807) is 0 Å². The van der Waals surface area contributed by atoms with Crippen molar-refractivity contribution in [1.82, 2.24) is 4.72 Å². The fourth-order valence-electron chi connectivity index (χ4n) is 2.64. The van der Waals surface area contributed by atoms with Crippen LogP contribution < -0.4 is 9.62 Å². The van der Waals surface area contributed by atoms with Crippen molar-refractivity contribution in [3.63, 3.8) is 0 Å². The number of hydrogen-bond donors (Lipinski definition) is 1. The molecule has 0 unspecified atom stereocenters. The Balaban J connectivity index is 2.01. The summed E-state index contributed by atoms with van der Waals surface area (Å²) in [6.45, 7) is 3.77. The van der Waals surface area contributed by atoms with E-state index in [4.69, 9.17) is 0 Å². The molecule has 0 heterocycles. The molecule has 26 heavy (non-hydrogen) atoms. The van der Waals surface area contributed by atoms with Gasteiger partial charge in [-0.3, -0.25) is 0 Å². The average molecular weight is 397 g/mol. The summed E-state index contributed by atoms with van der Waals surface area (Å²) in [5.41, 5.74) is 1.08. The van der Waals surface area contributed by atoms with Gasteiger partial charge in [0.15, 0.2) is 9.84 Å². The molecule has 0 saturated carbocycles. The average Bonchev–Trinajstić information content (AvgIpc) is 2.62. The highest BCUT2D eigenvalue weighted by molar-refractivity contribution is 7.93. The number of sulfone groups is 1. The zero-order chi connectivity index (χ0) is 19.2. The maximum Gasteiger partial charge on any atom is 0.241 e. The number of anilines is 1. The van der Waals surface area contributed by atoms with Gasteiger partial charge in [0.05, 0.1) is 4.90 Å². The molecule has 0 spiro atoms. The lowest BCUT2D eigenvalue weighted by Crippen LogP contribution is -2.30. The SMILES string of the molecule is CCN(CCCNS(=O)(=O)c1ccccc1S(C)(=O)=O)c1ccccc1. The zero-order valence-corrected chi connectivity index (χ0v) is 16.6. The molecule has 0 aliphatic rings. The summed E-state index contributed by atoms with van der Waals surface area (Å²) in [6.07, 6.45) is 1.60. The number of nitrogens with zero attached hydrogens (tertiary/aromatic N) is 1. The Bertz CT molecular complexity index is 927. The van der Waals surface area contributed by atoms with Crippen molar-refractivity contribution >= 4 is 25.5 Å². The molecule has 0 aliphatic heterocycles. The molecule has 2 aromatic rings. The lowest BCUT2D eigenvalue weighted by molar-refractivity contribution is 0.571. The Hall–Kier alpha value is -1.90. The van der Waals surface area contributed by atoms with Gasteiger partial charge in [0.1, 0.15) is 4.90 Å². The van der Waals surface area contributed by atoms with Crippen LogP contribution in [0, 0.1) is 0 Å². The van der Waals surface area contributed by atoms with E-state index in [9.17, 15) is 16.8 Å². The van der Waals surface area contributed by atoms with E-state index < -0.39 is 19.9 Å². The fourth-order valence-corrected chi connectivity index (χ4v) is 5.34. The summed E-state index contributed by atoms with van der Waals surface area (Å²) in [4.78, 5) is 1.75. The van der Waals surface area contributed by atoms with Crippen LogP contribution in [0.3, 0.4) is 0 Å². The van der Waals surface area contributed by atoms with E-state index in [-0.39, 0.29) is 16.3 Å². The predicted molar refractivity (Wildman–Crippen MR) is 104 cm³/mol. The highest BCUT2D eigenvalue weighted by Gasteiger charge is 2.22. The summed E-state index contributed by atoms with van der Waals surface area (Å²) in [6, 6.07) is 15.5. The van der Waals surface area contributed by atoms with Crippen molar-refractivity contribution in [3.05, 3.63) is 54.6 Å². The third-order valence-corrected chi connectivity index (χ3v) is 6.74. The lowest BCUT2D eigenvalue weighted by Gasteiger charge is -2.23. The van der Waals surface area contributed by atoms with Crippen LogP contribution in [0.15, 0.2) is 64.4 Å². The minimum atomic E-state index is -3.89. The first-order valence-electron chi connectivity index (χ1n) is 8.34. The monoisotopic (exact) mass is 396 g/mol. The predicted octanol–water partition coefficient (Wildman–Crippen LogP) is 2.29. The topological polar surface area (TPSA) is 83.6 Å². The highest BCUT2D eigenvalue weighted by Crippen LogP contribution is 2.20. The van der Waals surface area contributed by atoms with Gasteiger partial charge in [0.2, 0.25) is 10.0 Å². The van der Waals surface area contributed by atoms with Gasteiger partial charge in [-0.2, -0.15) is 0 Å². The molecular weight excluding hydrogens is 372 g/mol. The van der Waals surface area contributed by atoms with E-state index in [1.807, 2.05) is 37.3 Å². The van der Waals surface area contributed by atoms with Gasteiger partial charge < -0.3 is 4.90 Å². The first-order valence-corrected chi connectivity index (χ1v) is 11.7. The Morgan fingerprint density at radius 3 is 2.04 bits per heavy atom. The second-order valence-corrected chi connectivity index (χ2v) is 9.60. The standard InChI is InChI=1S/C18H24N2O4S2/c1-3-20(16-10-5-4-6-11-16)15-9-14-19-26(23,24)18-13-8-7-12-17(18)25(2,21)22/h4-8,10-13,19H,3,9,14-15H2,1-2H3. The molecule has 0 radical (unpaired) electrons. The van der Waals surface area contributed by atoms with Crippen molar-refractivity contribution in [1.29, 1.82) is 0 Å². The second-order valence-electron chi connectivity index (χ2n) is 5.89.